The van der Waals surface area contributed by atoms with E-state index < -0.39 is 11.5 Å². The van der Waals surface area contributed by atoms with Crippen LogP contribution in [-0.2, 0) is 20.7 Å². The van der Waals surface area contributed by atoms with Gasteiger partial charge in [0.2, 0.25) is 5.91 Å². The fourth-order valence-electron chi connectivity index (χ4n) is 2.15. The zero-order valence-corrected chi connectivity index (χ0v) is 16.5. The van der Waals surface area contributed by atoms with E-state index in [4.69, 9.17) is 0 Å². The Balaban J connectivity index is 1.94. The third-order valence-electron chi connectivity index (χ3n) is 3.49. The van der Waals surface area contributed by atoms with Gasteiger partial charge in [-0.1, -0.05) is 11.8 Å². The Kier molecular flexibility index (Phi) is 7.33. The molecule has 10 heteroatoms. The first-order valence-electron chi connectivity index (χ1n) is 8.20. The number of methoxy groups -OCH3 is 1. The highest BCUT2D eigenvalue weighted by atomic mass is 32.2. The Morgan fingerprint density at radius 2 is 1.89 bits per heavy atom. The molecule has 9 nitrogen and oxygen atoms in total. The molecule has 0 spiro atoms. The third-order valence-corrected chi connectivity index (χ3v) is 4.36. The summed E-state index contributed by atoms with van der Waals surface area (Å²) < 4.78 is 4.55. The minimum absolute atomic E-state index is 0.00297. The molecule has 2 amide bonds. The highest BCUT2D eigenvalue weighted by molar-refractivity contribution is 7.99. The Morgan fingerprint density at radius 1 is 1.21 bits per heavy atom. The van der Waals surface area contributed by atoms with Gasteiger partial charge in [-0.05, 0) is 24.3 Å². The largest absolute Gasteiger partial charge is 0.469 e. The van der Waals surface area contributed by atoms with Gasteiger partial charge in [-0.25, -0.2) is 4.98 Å². The minimum Gasteiger partial charge on any atom is -0.469 e. The van der Waals surface area contributed by atoms with Crippen LogP contribution in [0.15, 0.2) is 40.3 Å². The summed E-state index contributed by atoms with van der Waals surface area (Å²) in [6.45, 7) is 0. The van der Waals surface area contributed by atoms with Crippen LogP contribution in [-0.4, -0.2) is 59.6 Å². The number of H-pyrrole nitrogens is 1. The molecule has 1 heterocycles. The van der Waals surface area contributed by atoms with Crippen molar-refractivity contribution in [2.24, 2.45) is 0 Å². The van der Waals surface area contributed by atoms with Crippen LogP contribution >= 0.6 is 11.8 Å². The number of nitrogens with one attached hydrogen (secondary N) is 2. The average Bonchev–Trinajstić information content (AvgIpc) is 2.65. The van der Waals surface area contributed by atoms with Crippen LogP contribution in [0.4, 0.5) is 5.69 Å². The summed E-state index contributed by atoms with van der Waals surface area (Å²) in [4.78, 5) is 55.0. The maximum atomic E-state index is 12.1. The summed E-state index contributed by atoms with van der Waals surface area (Å²) in [5.74, 6) is -0.945. The van der Waals surface area contributed by atoms with Gasteiger partial charge >= 0.3 is 5.97 Å². The van der Waals surface area contributed by atoms with E-state index in [0.29, 0.717) is 11.3 Å². The number of hydrogen-bond donors (Lipinski definition) is 2. The quantitative estimate of drug-likeness (QED) is 0.400. The van der Waals surface area contributed by atoms with Crippen molar-refractivity contribution in [2.75, 3.05) is 32.3 Å². The molecule has 0 aliphatic carbocycles. The van der Waals surface area contributed by atoms with Crippen LogP contribution in [0.25, 0.3) is 0 Å². The van der Waals surface area contributed by atoms with Gasteiger partial charge in [0.15, 0.2) is 5.16 Å². The molecule has 2 N–H and O–H groups in total. The topological polar surface area (TPSA) is 121 Å². The van der Waals surface area contributed by atoms with Crippen molar-refractivity contribution in [3.8, 4) is 0 Å². The Hall–Kier alpha value is -3.14. The molecular weight excluding hydrogens is 384 g/mol. The summed E-state index contributed by atoms with van der Waals surface area (Å²) >= 11 is 1.03. The number of hydrogen-bond acceptors (Lipinski definition) is 7. The Bertz CT molecular complexity index is 924. The van der Waals surface area contributed by atoms with E-state index in [0.717, 1.165) is 11.8 Å². The molecule has 148 valence electrons. The predicted molar refractivity (Wildman–Crippen MR) is 104 cm³/mol. The maximum absolute atomic E-state index is 12.1. The Labute approximate surface area is 165 Å². The number of amides is 2. The lowest BCUT2D eigenvalue weighted by Crippen LogP contribution is -2.21. The van der Waals surface area contributed by atoms with Crippen LogP contribution < -0.4 is 10.9 Å². The summed E-state index contributed by atoms with van der Waals surface area (Å²) in [6, 6.07) is 7.73. The number of thioether (sulfide) groups is 1. The number of carbonyl (C=O) groups excluding carboxylic acids is 3. The first kappa shape index (κ1) is 21.2. The summed E-state index contributed by atoms with van der Waals surface area (Å²) in [7, 11) is 4.57. The molecule has 1 aromatic carbocycles. The standard InChI is InChI=1S/C18H20N4O5S/c1-22(2)17(26)11-4-6-12(7-5-11)19-15(24)10-28-18-20-13(8-14(23)21-18)9-16(25)27-3/h4-8H,9-10H2,1-3H3,(H,19,24)(H,20,21,23). The lowest BCUT2D eigenvalue weighted by Gasteiger charge is -2.11. The maximum Gasteiger partial charge on any atom is 0.311 e. The zero-order chi connectivity index (χ0) is 20.7. The van der Waals surface area contributed by atoms with E-state index in [1.54, 1.807) is 38.4 Å². The summed E-state index contributed by atoms with van der Waals surface area (Å²) in [5, 5.41) is 2.93. The van der Waals surface area contributed by atoms with Gasteiger partial charge in [0.25, 0.3) is 11.5 Å². The van der Waals surface area contributed by atoms with Gasteiger partial charge in [-0.3, -0.25) is 19.2 Å². The monoisotopic (exact) mass is 404 g/mol. The predicted octanol–water partition coefficient (Wildman–Crippen LogP) is 0.918. The lowest BCUT2D eigenvalue weighted by molar-refractivity contribution is -0.139. The molecular formula is C18H20N4O5S. The molecule has 28 heavy (non-hydrogen) atoms. The van der Waals surface area contributed by atoms with Crippen molar-refractivity contribution < 1.29 is 19.1 Å². The minimum atomic E-state index is -0.511. The van der Waals surface area contributed by atoms with E-state index in [2.05, 4.69) is 20.0 Å². The number of aromatic nitrogens is 2. The SMILES string of the molecule is COC(=O)Cc1cc(=O)[nH]c(SCC(=O)Nc2ccc(C(=O)N(C)C)cc2)n1. The van der Waals surface area contributed by atoms with Crippen LogP contribution in [0.5, 0.6) is 0 Å². The molecule has 0 radical (unpaired) electrons. The molecule has 0 aliphatic rings. The second-order valence-corrected chi connectivity index (χ2v) is 6.87. The van der Waals surface area contributed by atoms with Crippen molar-refractivity contribution >= 4 is 35.2 Å². The van der Waals surface area contributed by atoms with E-state index in [-0.39, 0.29) is 34.8 Å². The van der Waals surface area contributed by atoms with Gasteiger partial charge in [-0.2, -0.15) is 0 Å². The molecule has 0 fully saturated rings. The van der Waals surface area contributed by atoms with Crippen molar-refractivity contribution in [2.45, 2.75) is 11.6 Å². The number of benzene rings is 1. The molecule has 1 aromatic heterocycles. The van der Waals surface area contributed by atoms with Gasteiger partial charge in [0.05, 0.1) is 25.0 Å². The molecule has 0 unspecified atom stereocenters. The number of anilines is 1. The van der Waals surface area contributed by atoms with Gasteiger partial charge in [0.1, 0.15) is 0 Å². The van der Waals surface area contributed by atoms with Crippen LogP contribution in [0.1, 0.15) is 16.1 Å². The molecule has 2 aromatic rings. The number of carbonyl (C=O) groups is 3. The van der Waals surface area contributed by atoms with Gasteiger partial charge in [0, 0.05) is 31.4 Å². The van der Waals surface area contributed by atoms with Gasteiger partial charge in [-0.15, -0.1) is 0 Å². The van der Waals surface area contributed by atoms with Crippen molar-refractivity contribution in [3.63, 3.8) is 0 Å². The smallest absolute Gasteiger partial charge is 0.311 e. The van der Waals surface area contributed by atoms with Crippen LogP contribution in [0.3, 0.4) is 0 Å². The van der Waals surface area contributed by atoms with Crippen LogP contribution in [0.2, 0.25) is 0 Å². The number of aromatic amines is 1. The zero-order valence-electron chi connectivity index (χ0n) is 15.6. The van der Waals surface area contributed by atoms with Gasteiger partial charge < -0.3 is 19.9 Å². The number of rotatable bonds is 7. The lowest BCUT2D eigenvalue weighted by atomic mass is 10.2. The normalized spacial score (nSPS) is 10.2. The van der Waals surface area contributed by atoms with E-state index >= 15 is 0 Å². The number of esters is 1. The number of ether oxygens (including phenoxy) is 1. The summed E-state index contributed by atoms with van der Waals surface area (Å²) in [5.41, 5.74) is 0.904. The summed E-state index contributed by atoms with van der Waals surface area (Å²) in [6.07, 6.45) is -0.127. The van der Waals surface area contributed by atoms with Crippen molar-refractivity contribution in [1.29, 1.82) is 0 Å². The third kappa shape index (κ3) is 6.23. The van der Waals surface area contributed by atoms with E-state index in [1.165, 1.54) is 18.1 Å². The van der Waals surface area contributed by atoms with E-state index in [1.807, 2.05) is 0 Å². The molecule has 0 saturated carbocycles. The Morgan fingerprint density at radius 3 is 2.50 bits per heavy atom. The van der Waals surface area contributed by atoms with Crippen molar-refractivity contribution in [3.05, 3.63) is 51.9 Å². The highest BCUT2D eigenvalue weighted by Crippen LogP contribution is 2.14. The van der Waals surface area contributed by atoms with E-state index in [9.17, 15) is 19.2 Å². The molecule has 0 saturated heterocycles. The first-order chi connectivity index (χ1) is 13.3. The van der Waals surface area contributed by atoms with Crippen LogP contribution in [0, 0.1) is 0 Å². The molecule has 0 bridgehead atoms. The molecule has 0 aliphatic heterocycles. The average molecular weight is 404 g/mol. The first-order valence-corrected chi connectivity index (χ1v) is 9.18. The second kappa shape index (κ2) is 9.70. The fourth-order valence-corrected chi connectivity index (χ4v) is 2.84. The number of nitrogens with zero attached hydrogens (tertiary/aromatic N) is 2. The second-order valence-electron chi connectivity index (χ2n) is 5.91. The van der Waals surface area contributed by atoms with Crippen molar-refractivity contribution in [1.82, 2.24) is 14.9 Å². The molecule has 2 rings (SSSR count). The highest BCUT2D eigenvalue weighted by Gasteiger charge is 2.11. The molecule has 0 atom stereocenters. The fraction of sp³-hybridized carbons (Fsp3) is 0.278.